The lowest BCUT2D eigenvalue weighted by molar-refractivity contribution is -0.157. The molecular formula is C14H24N2O3. The van der Waals surface area contributed by atoms with E-state index in [4.69, 9.17) is 9.47 Å². The maximum Gasteiger partial charge on any atom is 0.242 e. The lowest BCUT2D eigenvalue weighted by atomic mass is 9.89. The Morgan fingerprint density at radius 3 is 2.89 bits per heavy atom. The number of ether oxygens (including phenoxy) is 2. The second-order valence-corrected chi connectivity index (χ2v) is 5.80. The van der Waals surface area contributed by atoms with E-state index in [2.05, 4.69) is 10.2 Å². The van der Waals surface area contributed by atoms with Gasteiger partial charge in [0.05, 0.1) is 31.5 Å². The maximum atomic E-state index is 12.7. The van der Waals surface area contributed by atoms with Crippen molar-refractivity contribution in [3.8, 4) is 0 Å². The van der Waals surface area contributed by atoms with Gasteiger partial charge in [-0.1, -0.05) is 12.8 Å². The molecule has 0 aromatic carbocycles. The zero-order valence-electron chi connectivity index (χ0n) is 11.6. The van der Waals surface area contributed by atoms with Crippen LogP contribution in [-0.2, 0) is 14.3 Å². The molecule has 0 spiro atoms. The topological polar surface area (TPSA) is 50.8 Å². The van der Waals surface area contributed by atoms with Gasteiger partial charge in [-0.15, -0.1) is 0 Å². The fraction of sp³-hybridized carbons (Fsp3) is 0.929. The summed E-state index contributed by atoms with van der Waals surface area (Å²) in [6, 6.07) is 0.0975. The molecule has 0 aromatic rings. The predicted octanol–water partition coefficient (Wildman–Crippen LogP) is 0.533. The van der Waals surface area contributed by atoms with Gasteiger partial charge in [0.25, 0.3) is 0 Å². The van der Waals surface area contributed by atoms with Crippen LogP contribution in [0.1, 0.15) is 32.6 Å². The average Bonchev–Trinajstić information content (AvgIpc) is 2.46. The molecule has 4 atom stereocenters. The molecule has 1 amide bonds. The summed E-state index contributed by atoms with van der Waals surface area (Å²) in [5, 5.41) is 3.30. The molecule has 108 valence electrons. The maximum absolute atomic E-state index is 12.7. The predicted molar refractivity (Wildman–Crippen MR) is 70.9 cm³/mol. The first kappa shape index (κ1) is 13.3. The molecule has 2 aliphatic heterocycles. The van der Waals surface area contributed by atoms with Crippen molar-refractivity contribution in [3.63, 3.8) is 0 Å². The molecule has 3 fully saturated rings. The van der Waals surface area contributed by atoms with Crippen LogP contribution in [0.4, 0.5) is 0 Å². The first-order valence-corrected chi connectivity index (χ1v) is 7.54. The van der Waals surface area contributed by atoms with Gasteiger partial charge >= 0.3 is 0 Å². The second kappa shape index (κ2) is 5.77. The lowest BCUT2D eigenvalue weighted by Crippen LogP contribution is -2.62. The van der Waals surface area contributed by atoms with Crippen molar-refractivity contribution in [1.82, 2.24) is 10.2 Å². The van der Waals surface area contributed by atoms with Gasteiger partial charge in [0, 0.05) is 13.1 Å². The van der Waals surface area contributed by atoms with E-state index in [0.29, 0.717) is 13.2 Å². The summed E-state index contributed by atoms with van der Waals surface area (Å²) in [6.07, 6.45) is 4.83. The van der Waals surface area contributed by atoms with Gasteiger partial charge in [-0.05, 0) is 19.8 Å². The van der Waals surface area contributed by atoms with Crippen LogP contribution in [0.3, 0.4) is 0 Å². The Kier molecular flexibility index (Phi) is 4.05. The normalized spacial score (nSPS) is 39.7. The number of hydrogen-bond donors (Lipinski definition) is 1. The Balaban J connectivity index is 1.70. The SMILES string of the molecule is C[C@H]1OCCN[C@@H]1C(=O)N1CCOC2CCCCC21. The molecule has 0 radical (unpaired) electrons. The Bertz CT molecular complexity index is 335. The largest absolute Gasteiger partial charge is 0.375 e. The highest BCUT2D eigenvalue weighted by Crippen LogP contribution is 2.29. The van der Waals surface area contributed by atoms with Crippen molar-refractivity contribution in [2.75, 3.05) is 26.3 Å². The first-order chi connectivity index (χ1) is 9.27. The van der Waals surface area contributed by atoms with E-state index < -0.39 is 0 Å². The number of carbonyl (C=O) groups excluding carboxylic acids is 1. The molecule has 19 heavy (non-hydrogen) atoms. The summed E-state index contributed by atoms with van der Waals surface area (Å²) in [5.74, 6) is 0.201. The molecule has 2 saturated heterocycles. The van der Waals surface area contributed by atoms with Crippen molar-refractivity contribution in [3.05, 3.63) is 0 Å². The Labute approximate surface area is 114 Å². The third-order valence-corrected chi connectivity index (χ3v) is 4.60. The van der Waals surface area contributed by atoms with Gasteiger partial charge in [-0.25, -0.2) is 0 Å². The van der Waals surface area contributed by atoms with E-state index in [-0.39, 0.29) is 30.2 Å². The molecule has 3 rings (SSSR count). The highest BCUT2D eigenvalue weighted by atomic mass is 16.5. The third-order valence-electron chi connectivity index (χ3n) is 4.60. The Morgan fingerprint density at radius 2 is 2.05 bits per heavy atom. The zero-order valence-corrected chi connectivity index (χ0v) is 11.6. The van der Waals surface area contributed by atoms with E-state index in [1.165, 1.54) is 12.8 Å². The highest BCUT2D eigenvalue weighted by molar-refractivity contribution is 5.83. The minimum absolute atomic E-state index is 0.0360. The minimum Gasteiger partial charge on any atom is -0.375 e. The smallest absolute Gasteiger partial charge is 0.242 e. The fourth-order valence-corrected chi connectivity index (χ4v) is 3.56. The first-order valence-electron chi connectivity index (χ1n) is 7.54. The number of carbonyl (C=O) groups is 1. The van der Waals surface area contributed by atoms with Crippen LogP contribution in [0.15, 0.2) is 0 Å². The van der Waals surface area contributed by atoms with Crippen molar-refractivity contribution < 1.29 is 14.3 Å². The fourth-order valence-electron chi connectivity index (χ4n) is 3.56. The van der Waals surface area contributed by atoms with Gasteiger partial charge < -0.3 is 19.7 Å². The van der Waals surface area contributed by atoms with E-state index in [1.807, 2.05) is 6.92 Å². The van der Waals surface area contributed by atoms with Crippen LogP contribution < -0.4 is 5.32 Å². The van der Waals surface area contributed by atoms with Crippen LogP contribution in [-0.4, -0.2) is 61.4 Å². The molecule has 0 bridgehead atoms. The number of rotatable bonds is 1. The average molecular weight is 268 g/mol. The molecule has 1 N–H and O–H groups in total. The van der Waals surface area contributed by atoms with Crippen molar-refractivity contribution in [2.45, 2.75) is 56.9 Å². The van der Waals surface area contributed by atoms with Gasteiger partial charge in [-0.2, -0.15) is 0 Å². The van der Waals surface area contributed by atoms with E-state index in [9.17, 15) is 4.79 Å². The summed E-state index contributed by atoms with van der Waals surface area (Å²) in [7, 11) is 0. The molecule has 0 aromatic heterocycles. The molecule has 3 aliphatic rings. The number of morpholine rings is 2. The highest BCUT2D eigenvalue weighted by Gasteiger charge is 2.40. The number of nitrogens with zero attached hydrogens (tertiary/aromatic N) is 1. The molecule has 2 unspecified atom stereocenters. The van der Waals surface area contributed by atoms with Crippen molar-refractivity contribution in [1.29, 1.82) is 0 Å². The van der Waals surface area contributed by atoms with Crippen LogP contribution in [0, 0.1) is 0 Å². The van der Waals surface area contributed by atoms with Crippen LogP contribution >= 0.6 is 0 Å². The van der Waals surface area contributed by atoms with Crippen LogP contribution in [0.2, 0.25) is 0 Å². The van der Waals surface area contributed by atoms with Crippen LogP contribution in [0.25, 0.3) is 0 Å². The number of nitrogens with one attached hydrogen (secondary N) is 1. The van der Waals surface area contributed by atoms with Crippen molar-refractivity contribution in [2.24, 2.45) is 0 Å². The minimum atomic E-state index is -0.186. The number of amides is 1. The molecule has 1 saturated carbocycles. The van der Waals surface area contributed by atoms with Crippen molar-refractivity contribution >= 4 is 5.91 Å². The van der Waals surface area contributed by atoms with Crippen LogP contribution in [0.5, 0.6) is 0 Å². The summed E-state index contributed by atoms with van der Waals surface area (Å²) < 4.78 is 11.4. The monoisotopic (exact) mass is 268 g/mol. The van der Waals surface area contributed by atoms with Gasteiger partial charge in [0.2, 0.25) is 5.91 Å². The standard InChI is InChI=1S/C14H24N2O3/c1-10-13(15-6-8-18-10)14(17)16-7-9-19-12-5-3-2-4-11(12)16/h10-13,15H,2-9H2,1H3/t10-,11?,12?,13+/m1/s1. The quantitative estimate of drug-likeness (QED) is 0.754. The molecular weight excluding hydrogens is 244 g/mol. The molecule has 5 heteroatoms. The summed E-state index contributed by atoms with van der Waals surface area (Å²) >= 11 is 0. The second-order valence-electron chi connectivity index (χ2n) is 5.80. The lowest BCUT2D eigenvalue weighted by Gasteiger charge is -2.45. The van der Waals surface area contributed by atoms with Gasteiger partial charge in [0.15, 0.2) is 0 Å². The molecule has 5 nitrogen and oxygen atoms in total. The van der Waals surface area contributed by atoms with E-state index >= 15 is 0 Å². The van der Waals surface area contributed by atoms with Gasteiger partial charge in [-0.3, -0.25) is 4.79 Å². The summed E-state index contributed by atoms with van der Waals surface area (Å²) in [6.45, 7) is 4.84. The van der Waals surface area contributed by atoms with E-state index in [1.54, 1.807) is 0 Å². The molecule has 1 aliphatic carbocycles. The van der Waals surface area contributed by atoms with E-state index in [0.717, 1.165) is 25.9 Å². The molecule has 2 heterocycles. The number of hydrogen-bond acceptors (Lipinski definition) is 4. The zero-order chi connectivity index (χ0) is 13.2. The Morgan fingerprint density at radius 1 is 1.21 bits per heavy atom. The Hall–Kier alpha value is -0.650. The van der Waals surface area contributed by atoms with Gasteiger partial charge in [0.1, 0.15) is 6.04 Å². The summed E-state index contributed by atoms with van der Waals surface area (Å²) in [5.41, 5.74) is 0. The summed E-state index contributed by atoms with van der Waals surface area (Å²) in [4.78, 5) is 14.8. The number of fused-ring (bicyclic) bond motifs is 1. The third kappa shape index (κ3) is 2.64.